The minimum atomic E-state index is -3.45. The van der Waals surface area contributed by atoms with Crippen molar-refractivity contribution >= 4 is 15.9 Å². The molecular weight excluding hydrogens is 372 g/mol. The fraction of sp³-hybridized carbons (Fsp3) is 0.611. The summed E-state index contributed by atoms with van der Waals surface area (Å²) in [6, 6.07) is 7.00. The van der Waals surface area contributed by atoms with Gasteiger partial charge >= 0.3 is 0 Å². The number of likely N-dealkylation sites (tertiary alicyclic amines) is 1. The average molecular weight is 396 g/mol. The number of carbonyl (C=O) groups excluding carboxylic acids is 1. The van der Waals surface area contributed by atoms with E-state index in [1.165, 1.54) is 4.31 Å². The molecule has 8 nitrogen and oxygen atoms in total. The number of benzene rings is 1. The Bertz CT molecular complexity index is 844. The number of nitrogens with zero attached hydrogens (tertiary/aromatic N) is 2. The summed E-state index contributed by atoms with van der Waals surface area (Å²) < 4.78 is 43.7. The smallest absolute Gasteiger partial charge is 0.254 e. The number of ether oxygens (including phenoxy) is 3. The molecule has 3 aliphatic rings. The lowest BCUT2D eigenvalue weighted by Crippen LogP contribution is -2.56. The van der Waals surface area contributed by atoms with Gasteiger partial charge in [-0.1, -0.05) is 6.07 Å². The number of sulfonamides is 1. The number of hydrogen-bond acceptors (Lipinski definition) is 6. The number of methoxy groups -OCH3 is 2. The predicted octanol–water partition coefficient (Wildman–Crippen LogP) is 0.339. The normalized spacial score (nSPS) is 31.7. The Morgan fingerprint density at radius 3 is 2.89 bits per heavy atom. The first-order chi connectivity index (χ1) is 12.9. The molecule has 4 rings (SSSR count). The van der Waals surface area contributed by atoms with Crippen molar-refractivity contribution in [1.82, 2.24) is 9.21 Å². The highest BCUT2D eigenvalue weighted by Gasteiger charge is 2.65. The van der Waals surface area contributed by atoms with Gasteiger partial charge in [0.25, 0.3) is 5.91 Å². The minimum Gasteiger partial charge on any atom is -0.497 e. The molecule has 0 unspecified atom stereocenters. The highest BCUT2D eigenvalue weighted by atomic mass is 32.2. The van der Waals surface area contributed by atoms with Crippen molar-refractivity contribution in [3.05, 3.63) is 29.8 Å². The van der Waals surface area contributed by atoms with Crippen molar-refractivity contribution < 1.29 is 27.4 Å². The van der Waals surface area contributed by atoms with E-state index in [1.807, 2.05) is 0 Å². The molecule has 0 aliphatic carbocycles. The van der Waals surface area contributed by atoms with Gasteiger partial charge in [-0.25, -0.2) is 8.42 Å². The van der Waals surface area contributed by atoms with Gasteiger partial charge in [0.05, 0.1) is 26.4 Å². The third-order valence-electron chi connectivity index (χ3n) is 5.66. The molecule has 0 radical (unpaired) electrons. The summed E-state index contributed by atoms with van der Waals surface area (Å²) in [4.78, 5) is 14.7. The zero-order valence-corrected chi connectivity index (χ0v) is 16.3. The van der Waals surface area contributed by atoms with Gasteiger partial charge in [-0.3, -0.25) is 4.79 Å². The molecule has 0 aromatic heterocycles. The molecule has 1 spiro atoms. The minimum absolute atomic E-state index is 0.130. The number of hydrogen-bond donors (Lipinski definition) is 0. The molecule has 3 fully saturated rings. The molecule has 1 aromatic carbocycles. The summed E-state index contributed by atoms with van der Waals surface area (Å²) in [5.41, 5.74) is -0.329. The van der Waals surface area contributed by atoms with E-state index in [-0.39, 0.29) is 25.1 Å². The molecule has 3 saturated heterocycles. The van der Waals surface area contributed by atoms with Crippen LogP contribution in [0.15, 0.2) is 24.3 Å². The molecule has 3 atom stereocenters. The van der Waals surface area contributed by atoms with E-state index in [1.54, 1.807) is 43.4 Å². The Balaban J connectivity index is 1.58. The Labute approximate surface area is 159 Å². The topological polar surface area (TPSA) is 85.4 Å². The highest BCUT2D eigenvalue weighted by Crippen LogP contribution is 2.46. The quantitative estimate of drug-likeness (QED) is 0.714. The summed E-state index contributed by atoms with van der Waals surface area (Å²) in [6.07, 6.45) is 0.172. The third kappa shape index (κ3) is 3.02. The highest BCUT2D eigenvalue weighted by molar-refractivity contribution is 7.90. The lowest BCUT2D eigenvalue weighted by molar-refractivity contribution is -0.0981. The molecule has 9 heteroatoms. The molecule has 3 heterocycles. The molecular formula is C18H24N2O6S. The van der Waals surface area contributed by atoms with Gasteiger partial charge in [-0.15, -0.1) is 0 Å². The summed E-state index contributed by atoms with van der Waals surface area (Å²) >= 11 is 0. The fourth-order valence-corrected chi connectivity index (χ4v) is 6.73. The SMILES string of the molecule is COCCN1C[C@]23CN(C(=O)c4cccc(OC)c4)C[C@H](C[C@H]2S1(=O)=O)O3. The second-order valence-corrected chi connectivity index (χ2v) is 9.43. The number of carbonyl (C=O) groups is 1. The molecule has 2 bridgehead atoms. The van der Waals surface area contributed by atoms with Gasteiger partial charge in [0, 0.05) is 32.3 Å². The number of amides is 1. The Kier molecular flexibility index (Phi) is 4.66. The number of morpholine rings is 1. The first kappa shape index (κ1) is 18.7. The first-order valence-corrected chi connectivity index (χ1v) is 10.5. The monoisotopic (exact) mass is 396 g/mol. The van der Waals surface area contributed by atoms with E-state index in [0.29, 0.717) is 37.4 Å². The van der Waals surface area contributed by atoms with Crippen molar-refractivity contribution in [3.63, 3.8) is 0 Å². The van der Waals surface area contributed by atoms with Crippen molar-refractivity contribution in [2.75, 3.05) is 47.0 Å². The maximum absolute atomic E-state index is 13.0. The van der Waals surface area contributed by atoms with Gasteiger partial charge in [0.15, 0.2) is 0 Å². The van der Waals surface area contributed by atoms with Crippen LogP contribution in [0.1, 0.15) is 16.8 Å². The zero-order valence-electron chi connectivity index (χ0n) is 15.5. The Hall–Kier alpha value is -1.68. The molecule has 0 saturated carbocycles. The van der Waals surface area contributed by atoms with Crippen LogP contribution in [0.2, 0.25) is 0 Å². The van der Waals surface area contributed by atoms with E-state index >= 15 is 0 Å². The van der Waals surface area contributed by atoms with Crippen LogP contribution in [-0.2, 0) is 19.5 Å². The predicted molar refractivity (Wildman–Crippen MR) is 97.3 cm³/mol. The molecule has 3 aliphatic heterocycles. The van der Waals surface area contributed by atoms with Gasteiger partial charge in [-0.2, -0.15) is 4.31 Å². The standard InChI is InChI=1S/C18H24N2O6S/c1-24-7-6-20-12-18-11-19(10-15(26-18)9-16(18)27(20,22)23)17(21)13-4-3-5-14(8-13)25-2/h3-5,8,15-16H,6-7,9-12H2,1-2H3/t15-,16+,18+/m0/s1. The second kappa shape index (κ2) is 6.73. The van der Waals surface area contributed by atoms with Crippen LogP contribution >= 0.6 is 0 Å². The second-order valence-electron chi connectivity index (χ2n) is 7.32. The van der Waals surface area contributed by atoms with Crippen LogP contribution in [0.3, 0.4) is 0 Å². The molecule has 1 amide bonds. The van der Waals surface area contributed by atoms with Crippen LogP contribution in [0, 0.1) is 0 Å². The fourth-order valence-electron chi connectivity index (χ4n) is 4.44. The van der Waals surface area contributed by atoms with Crippen molar-refractivity contribution in [2.45, 2.75) is 23.4 Å². The van der Waals surface area contributed by atoms with Crippen LogP contribution in [-0.4, -0.2) is 87.5 Å². The van der Waals surface area contributed by atoms with Gasteiger partial charge in [0.1, 0.15) is 16.6 Å². The van der Waals surface area contributed by atoms with Crippen LogP contribution < -0.4 is 4.74 Å². The van der Waals surface area contributed by atoms with E-state index < -0.39 is 20.9 Å². The van der Waals surface area contributed by atoms with Crippen LogP contribution in [0.5, 0.6) is 5.75 Å². The van der Waals surface area contributed by atoms with Gasteiger partial charge in [0.2, 0.25) is 10.0 Å². The van der Waals surface area contributed by atoms with E-state index in [4.69, 9.17) is 14.2 Å². The van der Waals surface area contributed by atoms with Crippen molar-refractivity contribution in [1.29, 1.82) is 0 Å². The molecule has 0 N–H and O–H groups in total. The summed E-state index contributed by atoms with van der Waals surface area (Å²) in [5, 5.41) is -0.602. The summed E-state index contributed by atoms with van der Waals surface area (Å²) in [7, 11) is -0.354. The third-order valence-corrected chi connectivity index (χ3v) is 8.03. The summed E-state index contributed by atoms with van der Waals surface area (Å²) in [6.45, 7) is 1.57. The maximum atomic E-state index is 13.0. The van der Waals surface area contributed by atoms with Crippen molar-refractivity contribution in [3.8, 4) is 5.75 Å². The Morgan fingerprint density at radius 2 is 2.15 bits per heavy atom. The molecule has 148 valence electrons. The summed E-state index contributed by atoms with van der Waals surface area (Å²) in [5.74, 6) is 0.484. The number of fused-ring (bicyclic) bond motifs is 1. The molecule has 1 aromatic rings. The lowest BCUT2D eigenvalue weighted by atomic mass is 9.99. The van der Waals surface area contributed by atoms with Crippen LogP contribution in [0.4, 0.5) is 0 Å². The molecule has 27 heavy (non-hydrogen) atoms. The van der Waals surface area contributed by atoms with Gasteiger partial charge in [-0.05, 0) is 24.6 Å². The maximum Gasteiger partial charge on any atom is 0.254 e. The largest absolute Gasteiger partial charge is 0.497 e. The Morgan fingerprint density at radius 1 is 1.33 bits per heavy atom. The van der Waals surface area contributed by atoms with Crippen molar-refractivity contribution in [2.24, 2.45) is 0 Å². The van der Waals surface area contributed by atoms with E-state index in [2.05, 4.69) is 0 Å². The van der Waals surface area contributed by atoms with Gasteiger partial charge < -0.3 is 19.1 Å². The average Bonchev–Trinajstić information content (AvgIpc) is 3.04. The van der Waals surface area contributed by atoms with E-state index in [9.17, 15) is 13.2 Å². The van der Waals surface area contributed by atoms with E-state index in [0.717, 1.165) is 0 Å². The lowest BCUT2D eigenvalue weighted by Gasteiger charge is -2.39. The zero-order chi connectivity index (χ0) is 19.2. The first-order valence-electron chi connectivity index (χ1n) is 8.99. The number of rotatable bonds is 5. The van der Waals surface area contributed by atoms with Crippen LogP contribution in [0.25, 0.3) is 0 Å².